The summed E-state index contributed by atoms with van der Waals surface area (Å²) in [4.78, 5) is 23.0. The maximum absolute atomic E-state index is 13.5. The number of anilines is 1. The van der Waals surface area contributed by atoms with Crippen molar-refractivity contribution in [2.45, 2.75) is 19.1 Å². The molecule has 1 aromatic rings. The van der Waals surface area contributed by atoms with Crippen molar-refractivity contribution in [1.29, 1.82) is 0 Å². The Bertz CT molecular complexity index is 499. The number of ether oxygens (including phenoxy) is 1. The van der Waals surface area contributed by atoms with Gasteiger partial charge in [0.2, 0.25) is 5.91 Å². The summed E-state index contributed by atoms with van der Waals surface area (Å²) >= 11 is 6.75. The highest BCUT2D eigenvalue weighted by atomic mass is 35.5. The molecule has 0 spiro atoms. The minimum Gasteiger partial charge on any atom is -0.465 e. The van der Waals surface area contributed by atoms with Crippen LogP contribution in [0.4, 0.5) is 10.1 Å². The number of carbonyl (C=O) groups is 2. The SMILES string of the molecule is CCOC(=O)CSC(C)C(=O)Nc1ccc(Cl)cc1F. The van der Waals surface area contributed by atoms with E-state index >= 15 is 0 Å². The summed E-state index contributed by atoms with van der Waals surface area (Å²) in [5.74, 6) is -1.30. The molecule has 1 amide bonds. The Hall–Kier alpha value is -1.27. The molecule has 4 nitrogen and oxygen atoms in total. The summed E-state index contributed by atoms with van der Waals surface area (Å²) in [5, 5.41) is 2.20. The van der Waals surface area contributed by atoms with E-state index in [2.05, 4.69) is 5.32 Å². The van der Waals surface area contributed by atoms with Gasteiger partial charge in [-0.2, -0.15) is 0 Å². The Labute approximate surface area is 126 Å². The van der Waals surface area contributed by atoms with Crippen LogP contribution in [0.15, 0.2) is 18.2 Å². The molecule has 0 saturated carbocycles. The number of esters is 1. The predicted octanol–water partition coefficient (Wildman–Crippen LogP) is 3.10. The number of nitrogens with one attached hydrogen (secondary N) is 1. The fourth-order valence-corrected chi connectivity index (χ4v) is 2.14. The average molecular weight is 320 g/mol. The Morgan fingerprint density at radius 3 is 2.80 bits per heavy atom. The number of rotatable bonds is 6. The van der Waals surface area contributed by atoms with Gasteiger partial charge in [0.05, 0.1) is 23.3 Å². The topological polar surface area (TPSA) is 55.4 Å². The van der Waals surface area contributed by atoms with Crippen LogP contribution < -0.4 is 5.32 Å². The lowest BCUT2D eigenvalue weighted by Crippen LogP contribution is -2.24. The largest absolute Gasteiger partial charge is 0.465 e. The first kappa shape index (κ1) is 16.8. The van der Waals surface area contributed by atoms with E-state index in [1.165, 1.54) is 12.1 Å². The number of thioether (sulfide) groups is 1. The minimum atomic E-state index is -0.603. The van der Waals surface area contributed by atoms with Crippen molar-refractivity contribution >= 4 is 40.9 Å². The van der Waals surface area contributed by atoms with E-state index in [0.717, 1.165) is 17.8 Å². The average Bonchev–Trinajstić information content (AvgIpc) is 2.39. The van der Waals surface area contributed by atoms with Crippen LogP contribution in [0.25, 0.3) is 0 Å². The molecule has 0 saturated heterocycles. The number of hydrogen-bond acceptors (Lipinski definition) is 4. The van der Waals surface area contributed by atoms with Crippen LogP contribution in [-0.2, 0) is 14.3 Å². The molecule has 1 atom stereocenters. The van der Waals surface area contributed by atoms with E-state index in [9.17, 15) is 14.0 Å². The molecule has 0 aliphatic heterocycles. The molecule has 0 radical (unpaired) electrons. The first-order chi connectivity index (χ1) is 9.43. The highest BCUT2D eigenvalue weighted by molar-refractivity contribution is 8.01. The van der Waals surface area contributed by atoms with Gasteiger partial charge in [0.25, 0.3) is 0 Å². The van der Waals surface area contributed by atoms with E-state index in [1.54, 1.807) is 13.8 Å². The van der Waals surface area contributed by atoms with Crippen molar-refractivity contribution in [3.8, 4) is 0 Å². The summed E-state index contributed by atoms with van der Waals surface area (Å²) in [7, 11) is 0. The maximum atomic E-state index is 13.5. The number of amides is 1. The van der Waals surface area contributed by atoms with Crippen LogP contribution in [-0.4, -0.2) is 29.5 Å². The van der Waals surface area contributed by atoms with Crippen LogP contribution in [0.1, 0.15) is 13.8 Å². The molecular formula is C13H15ClFNO3S. The second-order valence-corrected chi connectivity index (χ2v) is 5.64. The summed E-state index contributed by atoms with van der Waals surface area (Å²) < 4.78 is 18.3. The molecule has 0 aliphatic rings. The number of hydrogen-bond donors (Lipinski definition) is 1. The number of benzene rings is 1. The van der Waals surface area contributed by atoms with Gasteiger partial charge in [0.1, 0.15) is 5.82 Å². The van der Waals surface area contributed by atoms with Crippen LogP contribution in [0.5, 0.6) is 0 Å². The van der Waals surface area contributed by atoms with Crippen molar-refractivity contribution < 1.29 is 18.7 Å². The standard InChI is InChI=1S/C13H15ClFNO3S/c1-3-19-12(17)7-20-8(2)13(18)16-11-5-4-9(14)6-10(11)15/h4-6,8H,3,7H2,1-2H3,(H,16,18). The quantitative estimate of drug-likeness (QED) is 0.819. The third-order valence-electron chi connectivity index (χ3n) is 2.31. The van der Waals surface area contributed by atoms with Gasteiger partial charge in [-0.05, 0) is 32.0 Å². The van der Waals surface area contributed by atoms with Crippen molar-refractivity contribution in [2.75, 3.05) is 17.7 Å². The molecule has 1 unspecified atom stereocenters. The zero-order chi connectivity index (χ0) is 15.1. The summed E-state index contributed by atoms with van der Waals surface area (Å²) in [6, 6.07) is 3.99. The number of halogens is 2. The first-order valence-electron chi connectivity index (χ1n) is 5.97. The molecule has 0 fully saturated rings. The smallest absolute Gasteiger partial charge is 0.315 e. The maximum Gasteiger partial charge on any atom is 0.315 e. The molecule has 0 aromatic heterocycles. The highest BCUT2D eigenvalue weighted by Gasteiger charge is 2.17. The lowest BCUT2D eigenvalue weighted by Gasteiger charge is -2.12. The molecule has 20 heavy (non-hydrogen) atoms. The Balaban J connectivity index is 2.51. The molecule has 0 bridgehead atoms. The van der Waals surface area contributed by atoms with Gasteiger partial charge in [-0.1, -0.05) is 11.6 Å². The lowest BCUT2D eigenvalue weighted by atomic mass is 10.3. The number of carbonyl (C=O) groups excluding carboxylic acids is 2. The van der Waals surface area contributed by atoms with Gasteiger partial charge in [-0.3, -0.25) is 9.59 Å². The van der Waals surface area contributed by atoms with E-state index in [1.807, 2.05) is 0 Å². The first-order valence-corrected chi connectivity index (χ1v) is 7.39. The fourth-order valence-electron chi connectivity index (χ4n) is 1.30. The third-order valence-corrected chi connectivity index (χ3v) is 3.67. The van der Waals surface area contributed by atoms with Crippen molar-refractivity contribution in [2.24, 2.45) is 0 Å². The summed E-state index contributed by atoms with van der Waals surface area (Å²) in [5.41, 5.74) is 0.0583. The Morgan fingerprint density at radius 2 is 2.20 bits per heavy atom. The fraction of sp³-hybridized carbons (Fsp3) is 0.385. The third kappa shape index (κ3) is 5.38. The zero-order valence-electron chi connectivity index (χ0n) is 11.1. The monoisotopic (exact) mass is 319 g/mol. The van der Waals surface area contributed by atoms with Gasteiger partial charge >= 0.3 is 5.97 Å². The van der Waals surface area contributed by atoms with Gasteiger partial charge in [-0.25, -0.2) is 4.39 Å². The normalized spacial score (nSPS) is 11.8. The van der Waals surface area contributed by atoms with Crippen molar-refractivity contribution in [3.63, 3.8) is 0 Å². The minimum absolute atomic E-state index is 0.0583. The van der Waals surface area contributed by atoms with Crippen LogP contribution in [0.2, 0.25) is 5.02 Å². The molecule has 110 valence electrons. The predicted molar refractivity (Wildman–Crippen MR) is 78.6 cm³/mol. The summed E-state index contributed by atoms with van der Waals surface area (Å²) in [6.07, 6.45) is 0. The van der Waals surface area contributed by atoms with E-state index < -0.39 is 11.1 Å². The molecular weight excluding hydrogens is 305 g/mol. The summed E-state index contributed by atoms with van der Waals surface area (Å²) in [6.45, 7) is 3.64. The van der Waals surface area contributed by atoms with Crippen LogP contribution >= 0.6 is 23.4 Å². The Morgan fingerprint density at radius 1 is 1.50 bits per heavy atom. The van der Waals surface area contributed by atoms with Crippen LogP contribution in [0, 0.1) is 5.82 Å². The van der Waals surface area contributed by atoms with E-state index in [0.29, 0.717) is 6.61 Å². The van der Waals surface area contributed by atoms with Crippen molar-refractivity contribution in [3.05, 3.63) is 29.0 Å². The van der Waals surface area contributed by atoms with Crippen molar-refractivity contribution in [1.82, 2.24) is 0 Å². The van der Waals surface area contributed by atoms with E-state index in [4.69, 9.17) is 16.3 Å². The van der Waals surface area contributed by atoms with Gasteiger partial charge in [0.15, 0.2) is 0 Å². The zero-order valence-corrected chi connectivity index (χ0v) is 12.7. The van der Waals surface area contributed by atoms with Crippen LogP contribution in [0.3, 0.4) is 0 Å². The molecule has 0 aliphatic carbocycles. The second-order valence-electron chi connectivity index (χ2n) is 3.87. The van der Waals surface area contributed by atoms with Gasteiger partial charge in [-0.15, -0.1) is 11.8 Å². The molecule has 1 N–H and O–H groups in total. The molecule has 7 heteroatoms. The molecule has 0 heterocycles. The Kier molecular flexibility index (Phi) is 6.81. The van der Waals surface area contributed by atoms with Gasteiger partial charge < -0.3 is 10.1 Å². The second kappa shape index (κ2) is 8.11. The van der Waals surface area contributed by atoms with E-state index in [-0.39, 0.29) is 28.3 Å². The lowest BCUT2D eigenvalue weighted by molar-refractivity contribution is -0.139. The highest BCUT2D eigenvalue weighted by Crippen LogP contribution is 2.20. The molecule has 1 rings (SSSR count). The molecule has 1 aromatic carbocycles. The van der Waals surface area contributed by atoms with Gasteiger partial charge in [0, 0.05) is 5.02 Å².